The Morgan fingerprint density at radius 3 is 2.94 bits per heavy atom. The highest BCUT2D eigenvalue weighted by Gasteiger charge is 2.33. The molecule has 0 radical (unpaired) electrons. The van der Waals surface area contributed by atoms with Gasteiger partial charge in [0.25, 0.3) is 0 Å². The maximum absolute atomic E-state index is 9.90. The van der Waals surface area contributed by atoms with Crippen molar-refractivity contribution >= 4 is 0 Å². The minimum atomic E-state index is -0.238. The van der Waals surface area contributed by atoms with E-state index in [-0.39, 0.29) is 6.10 Å². The van der Waals surface area contributed by atoms with Crippen LogP contribution in [0.15, 0.2) is 0 Å². The van der Waals surface area contributed by atoms with Crippen molar-refractivity contribution in [3.05, 3.63) is 0 Å². The van der Waals surface area contributed by atoms with Crippen molar-refractivity contribution in [2.45, 2.75) is 44.4 Å². The first kappa shape index (κ1) is 13.3. The maximum atomic E-state index is 9.90. The molecule has 0 aromatic rings. The molecule has 2 fully saturated rings. The molecular formula is C13H27N3O. The Hall–Kier alpha value is -0.160. The van der Waals surface area contributed by atoms with Gasteiger partial charge in [0.05, 0.1) is 6.10 Å². The second-order valence-corrected chi connectivity index (χ2v) is 5.66. The number of piperidine rings is 1. The van der Waals surface area contributed by atoms with Crippen molar-refractivity contribution in [2.75, 3.05) is 39.8 Å². The highest BCUT2D eigenvalue weighted by molar-refractivity contribution is 4.89. The second kappa shape index (κ2) is 6.14. The molecule has 0 aliphatic carbocycles. The fourth-order valence-electron chi connectivity index (χ4n) is 3.24. The largest absolute Gasteiger partial charge is 0.390 e. The topological polar surface area (TPSA) is 38.7 Å². The average molecular weight is 241 g/mol. The van der Waals surface area contributed by atoms with Crippen LogP contribution >= 0.6 is 0 Å². The van der Waals surface area contributed by atoms with Crippen molar-refractivity contribution in [3.63, 3.8) is 0 Å². The fourth-order valence-corrected chi connectivity index (χ4v) is 3.24. The Kier molecular flexibility index (Phi) is 4.79. The van der Waals surface area contributed by atoms with Crippen LogP contribution in [0.2, 0.25) is 0 Å². The smallest absolute Gasteiger partial charge is 0.0791 e. The summed E-state index contributed by atoms with van der Waals surface area (Å²) in [4.78, 5) is 5.11. The Morgan fingerprint density at radius 1 is 1.35 bits per heavy atom. The second-order valence-electron chi connectivity index (χ2n) is 5.66. The number of nitrogens with zero attached hydrogens (tertiary/aromatic N) is 2. The van der Waals surface area contributed by atoms with E-state index in [1.807, 2.05) is 7.05 Å². The van der Waals surface area contributed by atoms with Crippen LogP contribution in [0.25, 0.3) is 0 Å². The third-order valence-electron chi connectivity index (χ3n) is 4.20. The normalized spacial score (nSPS) is 33.4. The van der Waals surface area contributed by atoms with Gasteiger partial charge >= 0.3 is 0 Å². The molecule has 0 amide bonds. The van der Waals surface area contributed by atoms with Gasteiger partial charge in [-0.25, -0.2) is 0 Å². The number of β-amino-alcohol motifs (C(OH)–C–C–N with tert-alkyl or cyclic N) is 1. The van der Waals surface area contributed by atoms with Gasteiger partial charge in [-0.15, -0.1) is 0 Å². The lowest BCUT2D eigenvalue weighted by Crippen LogP contribution is -2.60. The van der Waals surface area contributed by atoms with E-state index in [9.17, 15) is 5.11 Å². The van der Waals surface area contributed by atoms with E-state index in [0.29, 0.717) is 12.6 Å². The summed E-state index contributed by atoms with van der Waals surface area (Å²) in [7, 11) is 1.89. The number of rotatable bonds is 4. The van der Waals surface area contributed by atoms with Crippen molar-refractivity contribution in [1.29, 1.82) is 0 Å². The van der Waals surface area contributed by atoms with E-state index in [2.05, 4.69) is 22.0 Å². The maximum Gasteiger partial charge on any atom is 0.0791 e. The minimum absolute atomic E-state index is 0.238. The molecule has 2 N–H and O–H groups in total. The van der Waals surface area contributed by atoms with Gasteiger partial charge in [0, 0.05) is 38.3 Å². The molecule has 3 atom stereocenters. The molecule has 4 heteroatoms. The predicted octanol–water partition coefficient (Wildman–Crippen LogP) is 0.125. The highest BCUT2D eigenvalue weighted by atomic mass is 16.3. The SMILES string of the molecule is CNCC(O)CN1CC2CCCCN2CC1C. The predicted molar refractivity (Wildman–Crippen MR) is 70.2 cm³/mol. The Labute approximate surface area is 105 Å². The molecule has 0 bridgehead atoms. The monoisotopic (exact) mass is 241 g/mol. The van der Waals surface area contributed by atoms with Crippen molar-refractivity contribution < 1.29 is 5.11 Å². The first-order chi connectivity index (χ1) is 8.20. The molecule has 0 saturated carbocycles. The quantitative estimate of drug-likeness (QED) is 0.734. The van der Waals surface area contributed by atoms with E-state index in [1.54, 1.807) is 0 Å². The molecule has 0 aromatic carbocycles. The van der Waals surface area contributed by atoms with E-state index in [1.165, 1.54) is 32.4 Å². The van der Waals surface area contributed by atoms with Crippen LogP contribution < -0.4 is 5.32 Å². The molecule has 100 valence electrons. The van der Waals surface area contributed by atoms with Gasteiger partial charge in [0.1, 0.15) is 0 Å². The lowest BCUT2D eigenvalue weighted by Gasteiger charge is -2.48. The highest BCUT2D eigenvalue weighted by Crippen LogP contribution is 2.23. The van der Waals surface area contributed by atoms with Crippen molar-refractivity contribution in [2.24, 2.45) is 0 Å². The van der Waals surface area contributed by atoms with Gasteiger partial charge in [0.15, 0.2) is 0 Å². The molecular weight excluding hydrogens is 214 g/mol. The third-order valence-corrected chi connectivity index (χ3v) is 4.20. The van der Waals surface area contributed by atoms with Gasteiger partial charge in [-0.3, -0.25) is 9.80 Å². The summed E-state index contributed by atoms with van der Waals surface area (Å²) in [5.74, 6) is 0. The average Bonchev–Trinajstić information content (AvgIpc) is 2.30. The van der Waals surface area contributed by atoms with Crippen LogP contribution in [0, 0.1) is 0 Å². The number of likely N-dealkylation sites (N-methyl/N-ethyl adjacent to an activating group) is 1. The zero-order chi connectivity index (χ0) is 12.3. The molecule has 4 nitrogen and oxygen atoms in total. The fraction of sp³-hybridized carbons (Fsp3) is 1.00. The first-order valence-corrected chi connectivity index (χ1v) is 7.01. The number of piperazine rings is 1. The zero-order valence-electron chi connectivity index (χ0n) is 11.2. The van der Waals surface area contributed by atoms with Gasteiger partial charge in [-0.1, -0.05) is 6.42 Å². The zero-order valence-corrected chi connectivity index (χ0v) is 11.2. The standard InChI is InChI=1S/C13H27N3O/c1-11-8-15-6-4-3-5-12(15)9-16(11)10-13(17)7-14-2/h11-14,17H,3-10H2,1-2H3. The van der Waals surface area contributed by atoms with Crippen molar-refractivity contribution in [3.8, 4) is 0 Å². The Balaban J connectivity index is 1.86. The lowest BCUT2D eigenvalue weighted by atomic mass is 9.97. The summed E-state index contributed by atoms with van der Waals surface area (Å²) in [6.45, 7) is 7.39. The van der Waals surface area contributed by atoms with Gasteiger partial charge < -0.3 is 10.4 Å². The lowest BCUT2D eigenvalue weighted by molar-refractivity contribution is -0.00652. The number of aliphatic hydroxyl groups is 1. The molecule has 2 rings (SSSR count). The molecule has 3 unspecified atom stereocenters. The molecule has 0 spiro atoms. The van der Waals surface area contributed by atoms with Gasteiger partial charge in [-0.05, 0) is 33.4 Å². The molecule has 2 heterocycles. The summed E-state index contributed by atoms with van der Waals surface area (Å²) >= 11 is 0. The van der Waals surface area contributed by atoms with Gasteiger partial charge in [0.2, 0.25) is 0 Å². The molecule has 17 heavy (non-hydrogen) atoms. The van der Waals surface area contributed by atoms with Crippen LogP contribution in [0.1, 0.15) is 26.2 Å². The number of aliphatic hydroxyl groups excluding tert-OH is 1. The number of fused-ring (bicyclic) bond motifs is 1. The summed E-state index contributed by atoms with van der Waals surface area (Å²) in [6.07, 6.45) is 3.84. The number of hydrogen-bond acceptors (Lipinski definition) is 4. The van der Waals surface area contributed by atoms with Crippen molar-refractivity contribution in [1.82, 2.24) is 15.1 Å². The van der Waals surface area contributed by atoms with E-state index < -0.39 is 0 Å². The summed E-state index contributed by atoms with van der Waals surface area (Å²) in [6, 6.07) is 1.32. The van der Waals surface area contributed by atoms with Crippen LogP contribution in [-0.2, 0) is 0 Å². The van der Waals surface area contributed by atoms with Crippen LogP contribution in [0.4, 0.5) is 0 Å². The van der Waals surface area contributed by atoms with E-state index in [4.69, 9.17) is 0 Å². The molecule has 2 aliphatic heterocycles. The van der Waals surface area contributed by atoms with E-state index >= 15 is 0 Å². The van der Waals surface area contributed by atoms with Crippen LogP contribution in [0.5, 0.6) is 0 Å². The van der Waals surface area contributed by atoms with E-state index in [0.717, 1.165) is 19.1 Å². The van der Waals surface area contributed by atoms with Gasteiger partial charge in [-0.2, -0.15) is 0 Å². The number of nitrogens with one attached hydrogen (secondary N) is 1. The Morgan fingerprint density at radius 2 is 2.18 bits per heavy atom. The molecule has 2 aliphatic rings. The summed E-state index contributed by atoms with van der Waals surface area (Å²) in [5, 5.41) is 12.9. The molecule has 2 saturated heterocycles. The minimum Gasteiger partial charge on any atom is -0.390 e. The third kappa shape index (κ3) is 3.41. The number of hydrogen-bond donors (Lipinski definition) is 2. The molecule has 0 aromatic heterocycles. The summed E-state index contributed by atoms with van der Waals surface area (Å²) < 4.78 is 0. The van der Waals surface area contributed by atoms with Crippen LogP contribution in [0.3, 0.4) is 0 Å². The summed E-state index contributed by atoms with van der Waals surface area (Å²) in [5.41, 5.74) is 0. The van der Waals surface area contributed by atoms with Crippen LogP contribution in [-0.4, -0.2) is 72.9 Å². The Bertz CT molecular complexity index is 237. The first-order valence-electron chi connectivity index (χ1n) is 7.01.